The summed E-state index contributed by atoms with van der Waals surface area (Å²) in [6, 6.07) is 21.1. The Morgan fingerprint density at radius 2 is 1.44 bits per heavy atom. The fraction of sp³-hybridized carbons (Fsp3) is 0.429. The Bertz CT molecular complexity index is 1640. The molecule has 0 nitrogen and oxygen atoms in total. The molecule has 0 N–H and O–H groups in total. The highest BCUT2D eigenvalue weighted by atomic mass is 28.2. The molecule has 0 aliphatic heterocycles. The standard InChI is InChI=1S/C42H52Si/c1-25(2)38-39(41(7,8)9)36(33-22-31-15-13-14-16-32(31)23-33)24-37(40(38)42(10,11)12)43-34-19-17-30(18-20-34)21-35-28(5)26(3)27(4)29(35)6/h13-20,22,24-25,28H,21,23H2,1-12H3. The fourth-order valence-electron chi connectivity index (χ4n) is 7.52. The van der Waals surface area contributed by atoms with Gasteiger partial charge in [-0.1, -0.05) is 145 Å². The van der Waals surface area contributed by atoms with Gasteiger partial charge in [0.05, 0.1) is 0 Å². The molecule has 1 atom stereocenters. The third-order valence-corrected chi connectivity index (χ3v) is 11.3. The van der Waals surface area contributed by atoms with E-state index in [4.69, 9.17) is 0 Å². The molecule has 43 heavy (non-hydrogen) atoms. The minimum Gasteiger partial charge on any atom is -0.0632 e. The number of hydrogen-bond acceptors (Lipinski definition) is 0. The van der Waals surface area contributed by atoms with Crippen LogP contribution < -0.4 is 10.4 Å². The Balaban J connectivity index is 1.59. The Morgan fingerprint density at radius 3 is 1.98 bits per heavy atom. The molecular formula is C42H52Si. The van der Waals surface area contributed by atoms with Crippen molar-refractivity contribution in [2.75, 3.05) is 0 Å². The van der Waals surface area contributed by atoms with Crippen molar-refractivity contribution in [3.05, 3.63) is 116 Å². The SMILES string of the molecule is CC1=C(C)C(C)C(Cc2ccc([Si]c3cc(C4=Cc5ccccc5C4)c(C(C)(C)C)c(C(C)C)c3C(C)(C)C)cc2)=C1C. The summed E-state index contributed by atoms with van der Waals surface area (Å²) in [5.74, 6) is 1.00. The van der Waals surface area contributed by atoms with E-state index in [-0.39, 0.29) is 10.8 Å². The van der Waals surface area contributed by atoms with Gasteiger partial charge in [0.25, 0.3) is 0 Å². The molecule has 0 amide bonds. The van der Waals surface area contributed by atoms with Gasteiger partial charge < -0.3 is 0 Å². The minimum atomic E-state index is 0.0452. The summed E-state index contributed by atoms with van der Waals surface area (Å²) in [5.41, 5.74) is 18.1. The maximum Gasteiger partial charge on any atom is 0.121 e. The van der Waals surface area contributed by atoms with E-state index in [1.165, 1.54) is 54.9 Å². The highest BCUT2D eigenvalue weighted by Crippen LogP contribution is 2.44. The largest absolute Gasteiger partial charge is 0.121 e. The molecule has 0 heterocycles. The highest BCUT2D eigenvalue weighted by molar-refractivity contribution is 6.68. The third kappa shape index (κ3) is 6.08. The van der Waals surface area contributed by atoms with Gasteiger partial charge in [0.2, 0.25) is 0 Å². The molecule has 1 heteroatoms. The van der Waals surface area contributed by atoms with Crippen molar-refractivity contribution < 1.29 is 0 Å². The van der Waals surface area contributed by atoms with Crippen molar-refractivity contribution in [2.45, 2.75) is 113 Å². The van der Waals surface area contributed by atoms with Gasteiger partial charge >= 0.3 is 0 Å². The van der Waals surface area contributed by atoms with Crippen molar-refractivity contribution in [3.63, 3.8) is 0 Å². The molecule has 0 fully saturated rings. The van der Waals surface area contributed by atoms with Gasteiger partial charge in [0.15, 0.2) is 0 Å². The molecule has 224 valence electrons. The Kier molecular flexibility index (Phi) is 8.47. The lowest BCUT2D eigenvalue weighted by Crippen LogP contribution is -2.38. The van der Waals surface area contributed by atoms with Gasteiger partial charge in [-0.3, -0.25) is 0 Å². The molecular weight excluding hydrogens is 533 g/mol. The predicted molar refractivity (Wildman–Crippen MR) is 191 cm³/mol. The third-order valence-electron chi connectivity index (χ3n) is 9.99. The van der Waals surface area contributed by atoms with Crippen LogP contribution in [0.5, 0.6) is 0 Å². The normalized spacial score (nSPS) is 17.3. The summed E-state index contributed by atoms with van der Waals surface area (Å²) in [6.45, 7) is 28.6. The molecule has 2 aliphatic carbocycles. The summed E-state index contributed by atoms with van der Waals surface area (Å²) < 4.78 is 0. The van der Waals surface area contributed by atoms with Crippen LogP contribution in [0.4, 0.5) is 0 Å². The second-order valence-corrected chi connectivity index (χ2v) is 16.9. The molecule has 1 unspecified atom stereocenters. The van der Waals surface area contributed by atoms with Crippen LogP contribution >= 0.6 is 0 Å². The zero-order chi connectivity index (χ0) is 31.4. The van der Waals surface area contributed by atoms with Crippen LogP contribution in [-0.2, 0) is 23.7 Å². The lowest BCUT2D eigenvalue weighted by Gasteiger charge is -2.36. The lowest BCUT2D eigenvalue weighted by molar-refractivity contribution is 0.548. The van der Waals surface area contributed by atoms with E-state index < -0.39 is 0 Å². The van der Waals surface area contributed by atoms with Crippen molar-refractivity contribution in [1.29, 1.82) is 0 Å². The number of benzene rings is 3. The summed E-state index contributed by atoms with van der Waals surface area (Å²) in [4.78, 5) is 0. The van der Waals surface area contributed by atoms with E-state index in [1.807, 2.05) is 0 Å². The highest BCUT2D eigenvalue weighted by Gasteiger charge is 2.33. The summed E-state index contributed by atoms with van der Waals surface area (Å²) >= 11 is 0. The van der Waals surface area contributed by atoms with Gasteiger partial charge in [0.1, 0.15) is 9.52 Å². The van der Waals surface area contributed by atoms with Crippen LogP contribution in [0.15, 0.2) is 76.9 Å². The van der Waals surface area contributed by atoms with E-state index >= 15 is 0 Å². The van der Waals surface area contributed by atoms with E-state index in [9.17, 15) is 0 Å². The molecule has 0 spiro atoms. The lowest BCUT2D eigenvalue weighted by atomic mass is 9.70. The second-order valence-electron chi connectivity index (χ2n) is 15.5. The average molecular weight is 585 g/mol. The van der Waals surface area contributed by atoms with Gasteiger partial charge in [-0.15, -0.1) is 0 Å². The maximum absolute atomic E-state index is 2.60. The molecule has 3 aromatic carbocycles. The van der Waals surface area contributed by atoms with Crippen molar-refractivity contribution in [3.8, 4) is 0 Å². The molecule has 2 radical (unpaired) electrons. The van der Waals surface area contributed by atoms with Crippen LogP contribution in [0.2, 0.25) is 0 Å². The predicted octanol–water partition coefficient (Wildman–Crippen LogP) is 10.0. The van der Waals surface area contributed by atoms with Gasteiger partial charge in [0, 0.05) is 0 Å². The molecule has 5 rings (SSSR count). The Hall–Kier alpha value is -2.90. The van der Waals surface area contributed by atoms with Crippen LogP contribution in [0.1, 0.15) is 128 Å². The van der Waals surface area contributed by atoms with Crippen LogP contribution in [0, 0.1) is 5.92 Å². The van der Waals surface area contributed by atoms with E-state index in [2.05, 4.69) is 144 Å². The van der Waals surface area contributed by atoms with Gasteiger partial charge in [-0.05, 0) is 112 Å². The van der Waals surface area contributed by atoms with Crippen molar-refractivity contribution in [2.24, 2.45) is 5.92 Å². The molecule has 0 saturated heterocycles. The van der Waals surface area contributed by atoms with Crippen molar-refractivity contribution in [1.82, 2.24) is 0 Å². The smallest absolute Gasteiger partial charge is 0.0632 e. The summed E-state index contributed by atoms with van der Waals surface area (Å²) in [6.07, 6.45) is 4.53. The zero-order valence-corrected chi connectivity index (χ0v) is 29.8. The number of hydrogen-bond donors (Lipinski definition) is 0. The first-order valence-corrected chi connectivity index (χ1v) is 17.3. The molecule has 0 aromatic heterocycles. The first kappa shape index (κ1) is 31.5. The van der Waals surface area contributed by atoms with E-state index in [0.717, 1.165) is 12.8 Å². The Morgan fingerprint density at radius 1 is 0.814 bits per heavy atom. The average Bonchev–Trinajstić information content (AvgIpc) is 3.44. The van der Waals surface area contributed by atoms with Crippen LogP contribution in [-0.4, -0.2) is 9.52 Å². The zero-order valence-electron chi connectivity index (χ0n) is 28.8. The van der Waals surface area contributed by atoms with E-state index in [1.54, 1.807) is 22.3 Å². The number of fused-ring (bicyclic) bond motifs is 1. The first-order valence-electron chi connectivity index (χ1n) is 16.3. The second kappa shape index (κ2) is 11.5. The van der Waals surface area contributed by atoms with Crippen LogP contribution in [0.3, 0.4) is 0 Å². The van der Waals surface area contributed by atoms with Gasteiger partial charge in [-0.2, -0.15) is 0 Å². The number of allylic oxidation sites excluding steroid dienone is 5. The van der Waals surface area contributed by atoms with E-state index in [0.29, 0.717) is 21.4 Å². The van der Waals surface area contributed by atoms with Crippen molar-refractivity contribution >= 4 is 31.5 Å². The monoisotopic (exact) mass is 584 g/mol. The fourth-order valence-corrected chi connectivity index (χ4v) is 9.01. The quantitative estimate of drug-likeness (QED) is 0.253. The first-order chi connectivity index (χ1) is 20.1. The minimum absolute atomic E-state index is 0.0452. The van der Waals surface area contributed by atoms with Crippen LogP contribution in [0.25, 0.3) is 11.6 Å². The molecule has 2 aliphatic rings. The molecule has 3 aromatic rings. The maximum atomic E-state index is 2.60. The summed E-state index contributed by atoms with van der Waals surface area (Å²) in [7, 11) is 0.629. The summed E-state index contributed by atoms with van der Waals surface area (Å²) in [5, 5.41) is 2.94. The molecule has 0 bridgehead atoms. The topological polar surface area (TPSA) is 0 Å². The van der Waals surface area contributed by atoms with Gasteiger partial charge in [-0.25, -0.2) is 0 Å². The number of rotatable bonds is 6. The Labute approximate surface area is 265 Å². The molecule has 0 saturated carbocycles.